The standard InChI is InChI=1S/C53H82N2.2C9H10O4.Ni/c1-5-9-13-16-18-20-22-24-26-28-30-33-40-48-42-36-38-44-50(48)54-52(46-32-12-8-4)53(47-35-15-11-7-3)55-51-45-39-37-43-49(51)41-34-31-29-27-25-23-21-19-17-14-10-6-2;2*1-2-5-3-4-6(10)8(11)7(5)9(12)13;/h36-39,42-45H,5-25,30-35,40-41,46-47H2,1-4H3;2*3-4,10-11H,2H2,1H3,(H,12,13);/q;;;+2/p-2. The molecule has 11 heteroatoms. The number of aromatic hydroxyl groups is 2. The first-order valence-corrected chi connectivity index (χ1v) is 31.1. The van der Waals surface area contributed by atoms with Gasteiger partial charge in [-0.2, -0.15) is 0 Å². The van der Waals surface area contributed by atoms with Crippen molar-refractivity contribution in [3.63, 3.8) is 0 Å². The number of phenolic OH excluding ortho intramolecular Hbond substituents is 2. The molecule has 0 fully saturated rings. The smallest absolute Gasteiger partial charge is 0.869 e. The molecule has 0 heterocycles. The van der Waals surface area contributed by atoms with E-state index in [2.05, 4.69) is 99.9 Å². The van der Waals surface area contributed by atoms with Crippen LogP contribution in [0.2, 0.25) is 0 Å². The molecule has 0 saturated heterocycles. The summed E-state index contributed by atoms with van der Waals surface area (Å²) in [5.74, 6) is 8.60. The second kappa shape index (κ2) is 47.5. The Morgan fingerprint density at radius 2 is 0.707 bits per heavy atom. The summed E-state index contributed by atoms with van der Waals surface area (Å²) in [5, 5.41) is 57.7. The van der Waals surface area contributed by atoms with Gasteiger partial charge in [0, 0.05) is 25.7 Å². The number of para-hydroxylation sites is 2. The van der Waals surface area contributed by atoms with E-state index in [0.717, 1.165) is 88.4 Å². The van der Waals surface area contributed by atoms with Crippen LogP contribution >= 0.6 is 0 Å². The number of carboxylic acid groups (broad SMARTS) is 2. The summed E-state index contributed by atoms with van der Waals surface area (Å²) in [5.41, 5.74) is 7.52. The van der Waals surface area contributed by atoms with E-state index >= 15 is 0 Å². The van der Waals surface area contributed by atoms with Crippen molar-refractivity contribution in [2.75, 3.05) is 0 Å². The van der Waals surface area contributed by atoms with Gasteiger partial charge in [0.2, 0.25) is 0 Å². The zero-order chi connectivity index (χ0) is 59.3. The topological polar surface area (TPSA) is 186 Å². The van der Waals surface area contributed by atoms with Crippen LogP contribution in [-0.4, -0.2) is 43.8 Å². The minimum absolute atomic E-state index is 0. The van der Waals surface area contributed by atoms with Gasteiger partial charge in [-0.1, -0.05) is 211 Å². The molecule has 4 rings (SSSR count). The summed E-state index contributed by atoms with van der Waals surface area (Å²) in [6.07, 6.45) is 38.4. The van der Waals surface area contributed by atoms with Gasteiger partial charge in [-0.15, -0.1) is 23.7 Å². The van der Waals surface area contributed by atoms with E-state index in [1.54, 1.807) is 13.8 Å². The first-order valence-electron chi connectivity index (χ1n) is 31.1. The Balaban J connectivity index is 0.00000100. The number of aliphatic imine (C=N–C) groups is 2. The van der Waals surface area contributed by atoms with Crippen LogP contribution in [0.25, 0.3) is 0 Å². The molecule has 0 radical (unpaired) electrons. The number of benzene rings is 4. The summed E-state index contributed by atoms with van der Waals surface area (Å²) in [4.78, 5) is 32.3. The Bertz CT molecular complexity index is 2530. The van der Waals surface area contributed by atoms with Crippen molar-refractivity contribution in [3.8, 4) is 46.7 Å². The van der Waals surface area contributed by atoms with Gasteiger partial charge in [0.15, 0.2) is 0 Å². The molecular formula is C71H100N2NiO8. The average Bonchev–Trinajstić information content (AvgIpc) is 3.49. The van der Waals surface area contributed by atoms with Crippen molar-refractivity contribution in [2.45, 2.75) is 253 Å². The zero-order valence-electron chi connectivity index (χ0n) is 50.9. The van der Waals surface area contributed by atoms with Crippen molar-refractivity contribution in [1.82, 2.24) is 0 Å². The third-order valence-electron chi connectivity index (χ3n) is 14.3. The Kier molecular flexibility index (Phi) is 42.8. The number of hydrogen-bond acceptors (Lipinski definition) is 8. The Hall–Kier alpha value is -6.03. The van der Waals surface area contributed by atoms with Gasteiger partial charge in [-0.3, -0.25) is 9.98 Å². The molecule has 4 aromatic carbocycles. The van der Waals surface area contributed by atoms with Gasteiger partial charge in [-0.25, -0.2) is 9.59 Å². The maximum absolute atomic E-state index is 11.2. The molecule has 0 aliphatic heterocycles. The maximum Gasteiger partial charge on any atom is 2.00 e. The molecule has 0 aliphatic carbocycles. The normalized spacial score (nSPS) is 11.0. The third kappa shape index (κ3) is 30.9. The summed E-state index contributed by atoms with van der Waals surface area (Å²) in [7, 11) is 0. The van der Waals surface area contributed by atoms with E-state index in [9.17, 15) is 19.8 Å². The first kappa shape index (κ1) is 74.0. The van der Waals surface area contributed by atoms with E-state index in [-0.39, 0.29) is 27.6 Å². The van der Waals surface area contributed by atoms with Crippen LogP contribution < -0.4 is 10.2 Å². The molecule has 0 aliphatic rings. The molecule has 4 aromatic rings. The summed E-state index contributed by atoms with van der Waals surface area (Å²) in [6.45, 7) is 12.7. The van der Waals surface area contributed by atoms with Gasteiger partial charge < -0.3 is 30.6 Å². The average molecular weight is 1170 g/mol. The van der Waals surface area contributed by atoms with E-state index in [0.29, 0.717) is 24.0 Å². The van der Waals surface area contributed by atoms with E-state index in [1.165, 1.54) is 169 Å². The molecule has 0 aromatic heterocycles. The van der Waals surface area contributed by atoms with E-state index in [1.807, 2.05) is 0 Å². The second-order valence-corrected chi connectivity index (χ2v) is 21.0. The van der Waals surface area contributed by atoms with Gasteiger partial charge >= 0.3 is 28.4 Å². The third-order valence-corrected chi connectivity index (χ3v) is 14.3. The Labute approximate surface area is 505 Å². The van der Waals surface area contributed by atoms with Crippen molar-refractivity contribution < 1.29 is 56.7 Å². The van der Waals surface area contributed by atoms with Crippen molar-refractivity contribution in [1.29, 1.82) is 0 Å². The maximum atomic E-state index is 11.2. The van der Waals surface area contributed by atoms with Crippen LogP contribution in [0.5, 0.6) is 23.0 Å². The number of rotatable bonds is 36. The number of nitrogens with zero attached hydrogens (tertiary/aromatic N) is 2. The zero-order valence-corrected chi connectivity index (χ0v) is 51.9. The molecule has 0 bridgehead atoms. The summed E-state index contributed by atoms with van der Waals surface area (Å²) < 4.78 is 0. The summed E-state index contributed by atoms with van der Waals surface area (Å²) >= 11 is 0. The second-order valence-electron chi connectivity index (χ2n) is 21.0. The van der Waals surface area contributed by atoms with Gasteiger partial charge in [0.25, 0.3) is 0 Å². The number of aromatic carboxylic acids is 2. The first-order chi connectivity index (χ1) is 39.4. The molecule has 82 heavy (non-hydrogen) atoms. The van der Waals surface area contributed by atoms with Crippen LogP contribution in [0, 0.1) is 23.7 Å². The fourth-order valence-corrected chi connectivity index (χ4v) is 9.46. The number of unbranched alkanes of at least 4 members (excludes halogenated alkanes) is 21. The molecule has 0 unspecified atom stereocenters. The minimum Gasteiger partial charge on any atom is -0.869 e. The monoisotopic (exact) mass is 1170 g/mol. The quantitative estimate of drug-likeness (QED) is 0.0150. The Morgan fingerprint density at radius 3 is 1.06 bits per heavy atom. The van der Waals surface area contributed by atoms with Crippen LogP contribution in [0.4, 0.5) is 11.4 Å². The fourth-order valence-electron chi connectivity index (χ4n) is 9.46. The molecule has 10 nitrogen and oxygen atoms in total. The van der Waals surface area contributed by atoms with Crippen LogP contribution in [0.15, 0.2) is 82.8 Å². The molecule has 0 saturated carbocycles. The predicted molar refractivity (Wildman–Crippen MR) is 334 cm³/mol. The number of aryl methyl sites for hydroxylation is 4. The molecular weight excluding hydrogens is 1070 g/mol. The van der Waals surface area contributed by atoms with Gasteiger partial charge in [0.05, 0.1) is 33.9 Å². The van der Waals surface area contributed by atoms with Crippen LogP contribution in [0.3, 0.4) is 0 Å². The number of carboxylic acids is 2. The van der Waals surface area contributed by atoms with E-state index < -0.39 is 34.9 Å². The summed E-state index contributed by atoms with van der Waals surface area (Å²) in [6, 6.07) is 23.0. The molecule has 0 spiro atoms. The van der Waals surface area contributed by atoms with Crippen molar-refractivity contribution >= 4 is 34.7 Å². The number of hydrogen-bond donors (Lipinski definition) is 4. The van der Waals surface area contributed by atoms with Crippen molar-refractivity contribution in [3.05, 3.63) is 106 Å². The van der Waals surface area contributed by atoms with E-state index in [4.69, 9.17) is 30.4 Å². The number of phenols is 2. The predicted octanol–water partition coefficient (Wildman–Crippen LogP) is 18.5. The Morgan fingerprint density at radius 1 is 0.402 bits per heavy atom. The van der Waals surface area contributed by atoms with Crippen LogP contribution in [0.1, 0.15) is 271 Å². The largest absolute Gasteiger partial charge is 2.00 e. The van der Waals surface area contributed by atoms with Crippen LogP contribution in [-0.2, 0) is 42.2 Å². The van der Waals surface area contributed by atoms with Crippen molar-refractivity contribution in [2.24, 2.45) is 9.98 Å². The molecule has 4 N–H and O–H groups in total. The molecule has 452 valence electrons. The van der Waals surface area contributed by atoms with Gasteiger partial charge in [0.1, 0.15) is 11.5 Å². The fraction of sp³-hybridized carbons (Fsp3) is 0.549. The number of carbonyl (C=O) groups is 2. The SMILES string of the molecule is CCCCCCCCCC#CCCCc1ccccc1N=C(CCCCC)C(CCCCCC)=Nc1ccccc1CCCC#CCCCCCCCCC.CCc1ccc(O)c([O-])c1C(=O)O.CCc1ccc(O)c([O-])c1C(=O)O.[Ni+2]. The molecule has 0 atom stereocenters. The molecule has 0 amide bonds. The minimum atomic E-state index is -1.29. The van der Waals surface area contributed by atoms with Gasteiger partial charge in [-0.05, 0) is 124 Å².